The van der Waals surface area contributed by atoms with Gasteiger partial charge in [-0.3, -0.25) is 4.79 Å². The lowest BCUT2D eigenvalue weighted by Gasteiger charge is -2.36. The van der Waals surface area contributed by atoms with Gasteiger partial charge in [-0.15, -0.1) is 0 Å². The molecule has 9 heteroatoms. The highest BCUT2D eigenvalue weighted by Gasteiger charge is 2.40. The minimum atomic E-state index is -4.38. The molecule has 3 aliphatic rings. The molecule has 35 heavy (non-hydrogen) atoms. The van der Waals surface area contributed by atoms with E-state index in [0.717, 1.165) is 43.7 Å². The van der Waals surface area contributed by atoms with Crippen LogP contribution in [0.5, 0.6) is 0 Å². The van der Waals surface area contributed by atoms with E-state index in [9.17, 15) is 23.1 Å². The van der Waals surface area contributed by atoms with Crippen molar-refractivity contribution in [3.63, 3.8) is 0 Å². The van der Waals surface area contributed by atoms with Gasteiger partial charge in [0.1, 0.15) is 5.60 Å². The Balaban J connectivity index is 1.13. The van der Waals surface area contributed by atoms with Gasteiger partial charge in [0.15, 0.2) is 5.82 Å². The van der Waals surface area contributed by atoms with E-state index in [1.807, 2.05) is 0 Å². The Bertz CT molecular complexity index is 1050. The van der Waals surface area contributed by atoms with E-state index in [1.54, 1.807) is 29.4 Å². The molecule has 1 aliphatic heterocycles. The van der Waals surface area contributed by atoms with E-state index in [1.165, 1.54) is 6.07 Å². The van der Waals surface area contributed by atoms with Gasteiger partial charge in [-0.05, 0) is 80.7 Å². The highest BCUT2D eigenvalue weighted by Crippen LogP contribution is 2.37. The van der Waals surface area contributed by atoms with Crippen LogP contribution in [0.3, 0.4) is 0 Å². The monoisotopic (exact) mass is 488 g/mol. The fourth-order valence-corrected chi connectivity index (χ4v) is 5.90. The van der Waals surface area contributed by atoms with Crippen LogP contribution >= 0.6 is 0 Å². The molecule has 6 nitrogen and oxygen atoms in total. The Morgan fingerprint density at radius 1 is 1.06 bits per heavy atom. The van der Waals surface area contributed by atoms with Crippen molar-refractivity contribution in [1.82, 2.24) is 20.2 Å². The molecule has 2 aliphatic carbocycles. The summed E-state index contributed by atoms with van der Waals surface area (Å²) in [5, 5.41) is 14.6. The predicted octanol–water partition coefficient (Wildman–Crippen LogP) is 3.97. The first kappa shape index (κ1) is 24.2. The summed E-state index contributed by atoms with van der Waals surface area (Å²) < 4.78 is 39.3. The molecule has 1 aromatic carbocycles. The number of fused-ring (bicyclic) bond motifs is 1. The number of hydrogen-bond donors (Lipinski definition) is 2. The van der Waals surface area contributed by atoms with Crippen LogP contribution < -0.4 is 5.32 Å². The number of halogens is 3. The van der Waals surface area contributed by atoms with Gasteiger partial charge in [0.2, 0.25) is 5.91 Å². The molecule has 1 aromatic heterocycles. The first-order valence-corrected chi connectivity index (χ1v) is 12.4. The number of hydrogen-bond acceptors (Lipinski definition) is 5. The summed E-state index contributed by atoms with van der Waals surface area (Å²) in [6.45, 7) is 0.796. The van der Waals surface area contributed by atoms with Gasteiger partial charge in [-0.2, -0.15) is 13.2 Å². The summed E-state index contributed by atoms with van der Waals surface area (Å²) in [7, 11) is 0. The van der Waals surface area contributed by atoms with E-state index in [4.69, 9.17) is 0 Å². The maximum atomic E-state index is 13.2. The van der Waals surface area contributed by atoms with Crippen LogP contribution in [0.15, 0.2) is 36.7 Å². The number of nitrogens with one attached hydrogen (secondary N) is 1. The molecule has 1 amide bonds. The molecule has 0 bridgehead atoms. The van der Waals surface area contributed by atoms with E-state index >= 15 is 0 Å². The van der Waals surface area contributed by atoms with Crippen molar-refractivity contribution >= 4 is 5.91 Å². The number of rotatable bonds is 4. The molecule has 2 unspecified atom stereocenters. The van der Waals surface area contributed by atoms with Crippen molar-refractivity contribution in [2.75, 3.05) is 6.54 Å². The number of alkyl halides is 3. The lowest BCUT2D eigenvalue weighted by atomic mass is 9.81. The Morgan fingerprint density at radius 2 is 1.80 bits per heavy atom. The Kier molecular flexibility index (Phi) is 6.57. The average Bonchev–Trinajstić information content (AvgIpc) is 3.33. The quantitative estimate of drug-likeness (QED) is 0.681. The number of carbonyl (C=O) groups is 1. The molecule has 5 rings (SSSR count). The zero-order valence-corrected chi connectivity index (χ0v) is 19.6. The molecule has 2 N–H and O–H groups in total. The summed E-state index contributed by atoms with van der Waals surface area (Å²) in [4.78, 5) is 23.4. The zero-order valence-electron chi connectivity index (χ0n) is 19.6. The standard InChI is InChI=1S/C26H31F3N4O2/c27-26(28,29)20-4-2-17-8-13-33(16-19(17)14-20)23(34)18-3-5-22(15-18)32-21-6-9-25(35,10-7-21)24-30-11-1-12-31-24/h1-2,4,11-12,14,18,21-22,32,35H,3,5-10,13,15-16H2. The highest BCUT2D eigenvalue weighted by molar-refractivity contribution is 5.79. The molecule has 2 aromatic rings. The molecule has 0 spiro atoms. The van der Waals surface area contributed by atoms with Gasteiger partial charge in [-0.1, -0.05) is 6.07 Å². The lowest BCUT2D eigenvalue weighted by Crippen LogP contribution is -2.44. The van der Waals surface area contributed by atoms with Crippen LogP contribution in [0, 0.1) is 5.92 Å². The van der Waals surface area contributed by atoms with Crippen LogP contribution in [0.1, 0.15) is 67.5 Å². The molecular weight excluding hydrogens is 457 g/mol. The third-order valence-corrected chi connectivity index (χ3v) is 7.91. The highest BCUT2D eigenvalue weighted by atomic mass is 19.4. The second kappa shape index (κ2) is 9.50. The van der Waals surface area contributed by atoms with E-state index < -0.39 is 17.3 Å². The molecule has 0 saturated heterocycles. The topological polar surface area (TPSA) is 78.3 Å². The first-order chi connectivity index (χ1) is 16.7. The van der Waals surface area contributed by atoms with Crippen molar-refractivity contribution in [3.05, 3.63) is 59.2 Å². The summed E-state index contributed by atoms with van der Waals surface area (Å²) in [5.74, 6) is 0.435. The van der Waals surface area contributed by atoms with Crippen LogP contribution in [-0.4, -0.2) is 44.5 Å². The minimum absolute atomic E-state index is 0.0524. The summed E-state index contributed by atoms with van der Waals surface area (Å²) in [6, 6.07) is 6.12. The summed E-state index contributed by atoms with van der Waals surface area (Å²) in [6.07, 6.45) is 4.76. The van der Waals surface area contributed by atoms with Gasteiger partial charge in [0, 0.05) is 43.5 Å². The third-order valence-electron chi connectivity index (χ3n) is 7.91. The molecule has 188 valence electrons. The fourth-order valence-electron chi connectivity index (χ4n) is 5.90. The van der Waals surface area contributed by atoms with Gasteiger partial charge in [-0.25, -0.2) is 9.97 Å². The second-order valence-electron chi connectivity index (χ2n) is 10.2. The van der Waals surface area contributed by atoms with Crippen molar-refractivity contribution < 1.29 is 23.1 Å². The number of benzene rings is 1. The summed E-state index contributed by atoms with van der Waals surface area (Å²) >= 11 is 0. The number of aliphatic hydroxyl groups is 1. The van der Waals surface area contributed by atoms with Gasteiger partial charge in [0.05, 0.1) is 5.56 Å². The maximum absolute atomic E-state index is 13.2. The van der Waals surface area contributed by atoms with Crippen LogP contribution in [0.25, 0.3) is 0 Å². The van der Waals surface area contributed by atoms with E-state index in [2.05, 4.69) is 15.3 Å². The summed E-state index contributed by atoms with van der Waals surface area (Å²) in [5.41, 5.74) is -0.145. The van der Waals surface area contributed by atoms with Crippen molar-refractivity contribution in [2.24, 2.45) is 5.92 Å². The Morgan fingerprint density at radius 3 is 2.51 bits per heavy atom. The molecule has 2 saturated carbocycles. The molecule has 0 radical (unpaired) electrons. The van der Waals surface area contributed by atoms with Crippen molar-refractivity contribution in [1.29, 1.82) is 0 Å². The van der Waals surface area contributed by atoms with Crippen LogP contribution in [0.4, 0.5) is 13.2 Å². The van der Waals surface area contributed by atoms with Gasteiger partial charge < -0.3 is 15.3 Å². The fraction of sp³-hybridized carbons (Fsp3) is 0.577. The number of amides is 1. The van der Waals surface area contributed by atoms with Gasteiger partial charge in [0.25, 0.3) is 0 Å². The number of carbonyl (C=O) groups excluding carboxylic acids is 1. The Labute approximate surface area is 203 Å². The first-order valence-electron chi connectivity index (χ1n) is 12.4. The van der Waals surface area contributed by atoms with Gasteiger partial charge >= 0.3 is 6.18 Å². The van der Waals surface area contributed by atoms with E-state index in [0.29, 0.717) is 37.2 Å². The van der Waals surface area contributed by atoms with Crippen molar-refractivity contribution in [2.45, 2.75) is 81.8 Å². The predicted molar refractivity (Wildman–Crippen MR) is 123 cm³/mol. The smallest absolute Gasteiger partial charge is 0.382 e. The molecular formula is C26H31F3N4O2. The second-order valence-corrected chi connectivity index (χ2v) is 10.2. The van der Waals surface area contributed by atoms with E-state index in [-0.39, 0.29) is 30.5 Å². The molecule has 2 fully saturated rings. The maximum Gasteiger partial charge on any atom is 0.416 e. The Hall–Kier alpha value is -2.52. The number of nitrogens with zero attached hydrogens (tertiary/aromatic N) is 3. The normalized spacial score (nSPS) is 29.1. The van der Waals surface area contributed by atoms with Crippen LogP contribution in [-0.2, 0) is 29.5 Å². The average molecular weight is 489 g/mol. The lowest BCUT2D eigenvalue weighted by molar-refractivity contribution is -0.137. The molecule has 2 heterocycles. The number of aromatic nitrogens is 2. The largest absolute Gasteiger partial charge is 0.416 e. The van der Waals surface area contributed by atoms with Crippen molar-refractivity contribution in [3.8, 4) is 0 Å². The SMILES string of the molecule is O=C(C1CCC(NC2CCC(O)(c3ncccn3)CC2)C1)N1CCc2ccc(C(F)(F)F)cc2C1. The third kappa shape index (κ3) is 5.21. The molecule has 2 atom stereocenters. The minimum Gasteiger partial charge on any atom is -0.382 e. The van der Waals surface area contributed by atoms with Crippen LogP contribution in [0.2, 0.25) is 0 Å². The zero-order chi connectivity index (χ0) is 24.6.